The zero-order valence-corrected chi connectivity index (χ0v) is 13.5. The maximum atomic E-state index is 12.3. The highest BCUT2D eigenvalue weighted by Gasteiger charge is 2.31. The van der Waals surface area contributed by atoms with Gasteiger partial charge in [0.1, 0.15) is 0 Å². The molecule has 3 heteroatoms. The van der Waals surface area contributed by atoms with Crippen LogP contribution in [0.15, 0.2) is 0 Å². The van der Waals surface area contributed by atoms with Gasteiger partial charge < -0.3 is 10.6 Å². The van der Waals surface area contributed by atoms with Crippen molar-refractivity contribution >= 4 is 5.91 Å². The first-order valence-electron chi connectivity index (χ1n) is 8.50. The molecule has 116 valence electrons. The van der Waals surface area contributed by atoms with Crippen LogP contribution in [0.4, 0.5) is 0 Å². The maximum Gasteiger partial charge on any atom is 0.220 e. The van der Waals surface area contributed by atoms with Crippen LogP contribution in [0, 0.1) is 17.8 Å². The molecule has 1 saturated carbocycles. The number of carbonyl (C=O) groups excluding carboxylic acids is 1. The van der Waals surface area contributed by atoms with Crippen molar-refractivity contribution in [1.82, 2.24) is 10.6 Å². The molecule has 3 nitrogen and oxygen atoms in total. The number of piperidine rings is 1. The van der Waals surface area contributed by atoms with Gasteiger partial charge >= 0.3 is 0 Å². The summed E-state index contributed by atoms with van der Waals surface area (Å²) >= 11 is 0. The van der Waals surface area contributed by atoms with Crippen LogP contribution < -0.4 is 10.6 Å². The van der Waals surface area contributed by atoms with E-state index >= 15 is 0 Å². The Bertz CT molecular complexity index is 315. The molecule has 0 spiro atoms. The molecule has 2 aliphatic rings. The molecular weight excluding hydrogens is 248 g/mol. The number of nitrogens with one attached hydrogen (secondary N) is 2. The minimum Gasteiger partial charge on any atom is -0.351 e. The van der Waals surface area contributed by atoms with Gasteiger partial charge in [0, 0.05) is 12.0 Å². The Morgan fingerprint density at radius 3 is 2.45 bits per heavy atom. The van der Waals surface area contributed by atoms with E-state index < -0.39 is 0 Å². The zero-order chi connectivity index (χ0) is 14.6. The Balaban J connectivity index is 1.76. The topological polar surface area (TPSA) is 41.1 Å². The summed E-state index contributed by atoms with van der Waals surface area (Å²) in [5, 5.41) is 6.73. The van der Waals surface area contributed by atoms with E-state index in [2.05, 4.69) is 31.4 Å². The first kappa shape index (κ1) is 15.8. The largest absolute Gasteiger partial charge is 0.351 e. The lowest BCUT2D eigenvalue weighted by atomic mass is 9.78. The van der Waals surface area contributed by atoms with Crippen LogP contribution in [0.25, 0.3) is 0 Å². The third kappa shape index (κ3) is 4.47. The van der Waals surface area contributed by atoms with Crippen LogP contribution in [0.5, 0.6) is 0 Å². The van der Waals surface area contributed by atoms with E-state index in [-0.39, 0.29) is 11.4 Å². The van der Waals surface area contributed by atoms with Gasteiger partial charge in [0.2, 0.25) is 5.91 Å². The Hall–Kier alpha value is -0.570. The minimum atomic E-state index is 0.0530. The van der Waals surface area contributed by atoms with Gasteiger partial charge in [-0.15, -0.1) is 0 Å². The summed E-state index contributed by atoms with van der Waals surface area (Å²) in [5.41, 5.74) is 0.0530. The standard InChI is InChI=1S/C17H32N2O/c1-13-4-8-17(3,9-5-13)19-16(20)12-14(2)15-6-10-18-11-7-15/h13-15,18H,4-12H2,1-3H3,(H,19,20). The Morgan fingerprint density at radius 1 is 1.25 bits per heavy atom. The molecule has 2 fully saturated rings. The van der Waals surface area contributed by atoms with Crippen molar-refractivity contribution in [3.63, 3.8) is 0 Å². The summed E-state index contributed by atoms with van der Waals surface area (Å²) < 4.78 is 0. The monoisotopic (exact) mass is 280 g/mol. The van der Waals surface area contributed by atoms with E-state index in [1.54, 1.807) is 0 Å². The lowest BCUT2D eigenvalue weighted by Gasteiger charge is -2.37. The van der Waals surface area contributed by atoms with Crippen molar-refractivity contribution in [3.05, 3.63) is 0 Å². The fourth-order valence-electron chi connectivity index (χ4n) is 3.78. The van der Waals surface area contributed by atoms with E-state index in [9.17, 15) is 4.79 Å². The van der Waals surface area contributed by atoms with Gasteiger partial charge in [0.15, 0.2) is 0 Å². The predicted octanol–water partition coefficient (Wildman–Crippen LogP) is 3.10. The van der Waals surface area contributed by atoms with Crippen molar-refractivity contribution in [2.75, 3.05) is 13.1 Å². The van der Waals surface area contributed by atoms with Gasteiger partial charge in [0.05, 0.1) is 0 Å². The van der Waals surface area contributed by atoms with Crippen molar-refractivity contribution < 1.29 is 4.79 Å². The highest BCUT2D eigenvalue weighted by molar-refractivity contribution is 5.77. The van der Waals surface area contributed by atoms with Crippen LogP contribution in [0.3, 0.4) is 0 Å². The van der Waals surface area contributed by atoms with Crippen molar-refractivity contribution in [3.8, 4) is 0 Å². The van der Waals surface area contributed by atoms with Gasteiger partial charge in [-0.3, -0.25) is 4.79 Å². The molecule has 1 unspecified atom stereocenters. The number of hydrogen-bond acceptors (Lipinski definition) is 2. The molecule has 2 N–H and O–H groups in total. The summed E-state index contributed by atoms with van der Waals surface area (Å²) in [5.74, 6) is 2.34. The Kier molecular flexibility index (Phi) is 5.48. The smallest absolute Gasteiger partial charge is 0.220 e. The molecule has 1 heterocycles. The summed E-state index contributed by atoms with van der Waals surface area (Å²) in [7, 11) is 0. The summed E-state index contributed by atoms with van der Waals surface area (Å²) in [4.78, 5) is 12.3. The molecule has 20 heavy (non-hydrogen) atoms. The van der Waals surface area contributed by atoms with Crippen LogP contribution in [0.2, 0.25) is 0 Å². The van der Waals surface area contributed by atoms with Gasteiger partial charge in [-0.05, 0) is 76.3 Å². The molecule has 1 saturated heterocycles. The van der Waals surface area contributed by atoms with Crippen molar-refractivity contribution in [2.45, 2.75) is 71.3 Å². The summed E-state index contributed by atoms with van der Waals surface area (Å²) in [6, 6.07) is 0. The number of hydrogen-bond donors (Lipinski definition) is 2. The van der Waals surface area contributed by atoms with Crippen LogP contribution in [-0.2, 0) is 4.79 Å². The molecule has 2 rings (SSSR count). The average molecular weight is 280 g/mol. The molecule has 0 radical (unpaired) electrons. The average Bonchev–Trinajstić information content (AvgIpc) is 2.43. The van der Waals surface area contributed by atoms with Crippen LogP contribution in [-0.4, -0.2) is 24.5 Å². The lowest BCUT2D eigenvalue weighted by Crippen LogP contribution is -2.48. The lowest BCUT2D eigenvalue weighted by molar-refractivity contribution is -0.124. The first-order chi connectivity index (χ1) is 9.48. The third-order valence-electron chi connectivity index (χ3n) is 5.51. The highest BCUT2D eigenvalue weighted by atomic mass is 16.1. The molecular formula is C17H32N2O. The van der Waals surface area contributed by atoms with E-state index in [4.69, 9.17) is 0 Å². The molecule has 1 amide bonds. The van der Waals surface area contributed by atoms with Crippen LogP contribution >= 0.6 is 0 Å². The minimum absolute atomic E-state index is 0.0530. The van der Waals surface area contributed by atoms with Gasteiger partial charge in [-0.25, -0.2) is 0 Å². The predicted molar refractivity (Wildman–Crippen MR) is 83.6 cm³/mol. The molecule has 1 atom stereocenters. The SMILES string of the molecule is CC1CCC(C)(NC(=O)CC(C)C2CCNCC2)CC1. The van der Waals surface area contributed by atoms with E-state index in [1.807, 2.05) is 0 Å². The van der Waals surface area contributed by atoms with E-state index in [0.717, 1.165) is 37.8 Å². The third-order valence-corrected chi connectivity index (χ3v) is 5.51. The fourth-order valence-corrected chi connectivity index (χ4v) is 3.78. The number of carbonyl (C=O) groups is 1. The van der Waals surface area contributed by atoms with E-state index in [1.165, 1.54) is 25.7 Å². The van der Waals surface area contributed by atoms with Gasteiger partial charge in [0.25, 0.3) is 0 Å². The summed E-state index contributed by atoms with van der Waals surface area (Å²) in [6.07, 6.45) is 7.94. The van der Waals surface area contributed by atoms with Gasteiger partial charge in [-0.1, -0.05) is 13.8 Å². The highest BCUT2D eigenvalue weighted by Crippen LogP contribution is 2.32. The van der Waals surface area contributed by atoms with E-state index in [0.29, 0.717) is 12.3 Å². The number of rotatable bonds is 4. The molecule has 1 aliphatic carbocycles. The fraction of sp³-hybridized carbons (Fsp3) is 0.941. The first-order valence-corrected chi connectivity index (χ1v) is 8.50. The Labute approximate surface area is 124 Å². The Morgan fingerprint density at radius 2 is 1.85 bits per heavy atom. The number of amides is 1. The molecule has 0 bridgehead atoms. The zero-order valence-electron chi connectivity index (χ0n) is 13.5. The maximum absolute atomic E-state index is 12.3. The summed E-state index contributed by atoms with van der Waals surface area (Å²) in [6.45, 7) is 9.03. The van der Waals surface area contributed by atoms with Crippen molar-refractivity contribution in [2.24, 2.45) is 17.8 Å². The van der Waals surface area contributed by atoms with Crippen molar-refractivity contribution in [1.29, 1.82) is 0 Å². The van der Waals surface area contributed by atoms with Crippen LogP contribution in [0.1, 0.15) is 65.7 Å². The molecule has 0 aromatic heterocycles. The molecule has 1 aliphatic heterocycles. The second-order valence-electron chi connectivity index (χ2n) is 7.56. The second-order valence-corrected chi connectivity index (χ2v) is 7.56. The molecule has 0 aromatic carbocycles. The normalized spacial score (nSPS) is 33.6. The molecule has 0 aromatic rings. The van der Waals surface area contributed by atoms with Gasteiger partial charge in [-0.2, -0.15) is 0 Å². The quantitative estimate of drug-likeness (QED) is 0.831. The second kappa shape index (κ2) is 6.93.